The molecular weight excluding hydrogens is 282 g/mol. The fourth-order valence-electron chi connectivity index (χ4n) is 1.81. The van der Waals surface area contributed by atoms with E-state index in [1.54, 1.807) is 18.4 Å². The van der Waals surface area contributed by atoms with Crippen molar-refractivity contribution in [2.24, 2.45) is 0 Å². The summed E-state index contributed by atoms with van der Waals surface area (Å²) in [7, 11) is 1.63. The van der Waals surface area contributed by atoms with Crippen LogP contribution in [0.3, 0.4) is 0 Å². The highest BCUT2D eigenvalue weighted by molar-refractivity contribution is 7.11. The van der Waals surface area contributed by atoms with Crippen LogP contribution in [0.5, 0.6) is 0 Å². The smallest absolute Gasteiger partial charge is 0.251 e. The fourth-order valence-corrected chi connectivity index (χ4v) is 2.72. The van der Waals surface area contributed by atoms with Gasteiger partial charge in [0.2, 0.25) is 0 Å². The quantitative estimate of drug-likeness (QED) is 0.910. The van der Waals surface area contributed by atoms with Crippen LogP contribution in [0.25, 0.3) is 0 Å². The van der Waals surface area contributed by atoms with E-state index in [1.165, 1.54) is 4.88 Å². The van der Waals surface area contributed by atoms with Gasteiger partial charge in [0.05, 0.1) is 11.6 Å². The molecule has 0 bridgehead atoms. The van der Waals surface area contributed by atoms with Crippen molar-refractivity contribution in [3.05, 3.63) is 45.9 Å². The number of rotatable bonds is 4. The molecule has 5 heteroatoms. The van der Waals surface area contributed by atoms with E-state index in [9.17, 15) is 4.79 Å². The van der Waals surface area contributed by atoms with Crippen LogP contribution in [-0.4, -0.2) is 17.9 Å². The number of nitrogens with one attached hydrogen (secondary N) is 2. The van der Waals surface area contributed by atoms with Crippen LogP contribution in [0.4, 0.5) is 5.69 Å². The Hall–Kier alpha value is -1.88. The van der Waals surface area contributed by atoms with Crippen molar-refractivity contribution in [2.45, 2.75) is 32.7 Å². The molecule has 0 saturated heterocycles. The number of anilines is 1. The van der Waals surface area contributed by atoms with Gasteiger partial charge in [-0.15, -0.1) is 11.3 Å². The Kier molecular flexibility index (Phi) is 4.63. The molecule has 2 N–H and O–H groups in total. The van der Waals surface area contributed by atoms with E-state index in [1.807, 2.05) is 30.5 Å². The van der Waals surface area contributed by atoms with Crippen LogP contribution in [0, 0.1) is 0 Å². The highest BCUT2D eigenvalue weighted by Crippen LogP contribution is 2.27. The zero-order chi connectivity index (χ0) is 15.5. The second-order valence-corrected chi connectivity index (χ2v) is 7.01. The molecule has 0 atom stereocenters. The van der Waals surface area contributed by atoms with E-state index >= 15 is 0 Å². The lowest BCUT2D eigenvalue weighted by atomic mass is 9.98. The van der Waals surface area contributed by atoms with Crippen LogP contribution < -0.4 is 10.6 Å². The van der Waals surface area contributed by atoms with Gasteiger partial charge < -0.3 is 10.6 Å². The molecule has 0 unspecified atom stereocenters. The first-order valence-corrected chi connectivity index (χ1v) is 7.73. The molecule has 2 rings (SSSR count). The van der Waals surface area contributed by atoms with Crippen molar-refractivity contribution < 1.29 is 4.79 Å². The summed E-state index contributed by atoms with van der Waals surface area (Å²) in [6.45, 7) is 7.24. The topological polar surface area (TPSA) is 54.0 Å². The summed E-state index contributed by atoms with van der Waals surface area (Å²) in [5.41, 5.74) is 1.75. The number of thiazole rings is 1. The Morgan fingerprint density at radius 2 is 1.90 bits per heavy atom. The van der Waals surface area contributed by atoms with Crippen molar-refractivity contribution in [3.63, 3.8) is 0 Å². The minimum Gasteiger partial charge on any atom is -0.380 e. The number of carbonyl (C=O) groups excluding carboxylic acids is 1. The van der Waals surface area contributed by atoms with E-state index in [4.69, 9.17) is 0 Å². The first kappa shape index (κ1) is 15.5. The number of amides is 1. The van der Waals surface area contributed by atoms with Crippen molar-refractivity contribution >= 4 is 22.9 Å². The number of hydrogen-bond acceptors (Lipinski definition) is 4. The number of nitrogens with zero attached hydrogens (tertiary/aromatic N) is 1. The average Bonchev–Trinajstić information content (AvgIpc) is 2.94. The predicted molar refractivity (Wildman–Crippen MR) is 88.0 cm³/mol. The number of aromatic nitrogens is 1. The van der Waals surface area contributed by atoms with Crippen LogP contribution in [0.15, 0.2) is 30.5 Å². The van der Waals surface area contributed by atoms with Crippen LogP contribution in [-0.2, 0) is 12.0 Å². The van der Waals surface area contributed by atoms with Gasteiger partial charge in [-0.05, 0) is 24.3 Å². The van der Waals surface area contributed by atoms with E-state index in [0.717, 1.165) is 17.2 Å². The maximum Gasteiger partial charge on any atom is 0.251 e. The normalized spacial score (nSPS) is 11.2. The standard InChI is InChI=1S/C16H21N3OS/c1-16(2,3)15-19-10-13(21-15)9-18-12-7-5-11(6-8-12)14(20)17-4/h5-8,10,18H,9H2,1-4H3,(H,17,20). The molecule has 0 aliphatic heterocycles. The zero-order valence-electron chi connectivity index (χ0n) is 12.9. The summed E-state index contributed by atoms with van der Waals surface area (Å²) in [5, 5.41) is 7.11. The van der Waals surface area contributed by atoms with Gasteiger partial charge in [-0.2, -0.15) is 0 Å². The second kappa shape index (κ2) is 6.26. The summed E-state index contributed by atoms with van der Waals surface area (Å²) >= 11 is 1.73. The van der Waals surface area contributed by atoms with Crippen molar-refractivity contribution in [1.82, 2.24) is 10.3 Å². The van der Waals surface area contributed by atoms with Gasteiger partial charge in [-0.3, -0.25) is 4.79 Å². The van der Waals surface area contributed by atoms with Gasteiger partial charge in [0, 0.05) is 34.8 Å². The van der Waals surface area contributed by atoms with Crippen LogP contribution in [0.2, 0.25) is 0 Å². The SMILES string of the molecule is CNC(=O)c1ccc(NCc2cnc(C(C)(C)C)s2)cc1. The maximum absolute atomic E-state index is 11.5. The fraction of sp³-hybridized carbons (Fsp3) is 0.375. The highest BCUT2D eigenvalue weighted by atomic mass is 32.1. The molecule has 2 aromatic rings. The third kappa shape index (κ3) is 4.04. The number of hydrogen-bond donors (Lipinski definition) is 2. The van der Waals surface area contributed by atoms with Gasteiger partial charge in [0.15, 0.2) is 0 Å². The van der Waals surface area contributed by atoms with Crippen molar-refractivity contribution in [1.29, 1.82) is 0 Å². The number of carbonyl (C=O) groups is 1. The summed E-state index contributed by atoms with van der Waals surface area (Å²) in [6, 6.07) is 7.45. The molecule has 1 heterocycles. The van der Waals surface area contributed by atoms with Gasteiger partial charge in [-0.1, -0.05) is 20.8 Å². The lowest BCUT2D eigenvalue weighted by molar-refractivity contribution is 0.0963. The first-order valence-electron chi connectivity index (χ1n) is 6.91. The average molecular weight is 303 g/mol. The molecule has 21 heavy (non-hydrogen) atoms. The molecule has 112 valence electrons. The molecule has 0 aliphatic rings. The third-order valence-electron chi connectivity index (χ3n) is 3.04. The Morgan fingerprint density at radius 3 is 2.43 bits per heavy atom. The van der Waals surface area contributed by atoms with E-state index < -0.39 is 0 Å². The Morgan fingerprint density at radius 1 is 1.24 bits per heavy atom. The summed E-state index contributed by atoms with van der Waals surface area (Å²) < 4.78 is 0. The first-order chi connectivity index (χ1) is 9.90. The summed E-state index contributed by atoms with van der Waals surface area (Å²) in [4.78, 5) is 17.1. The van der Waals surface area contributed by atoms with Gasteiger partial charge >= 0.3 is 0 Å². The molecule has 1 aromatic heterocycles. The van der Waals surface area contributed by atoms with Gasteiger partial charge in [-0.25, -0.2) is 4.98 Å². The lowest BCUT2D eigenvalue weighted by Gasteiger charge is -2.13. The molecule has 1 amide bonds. The maximum atomic E-state index is 11.5. The minimum atomic E-state index is -0.0705. The molecule has 0 fully saturated rings. The Balaban J connectivity index is 1.97. The van der Waals surface area contributed by atoms with E-state index in [2.05, 4.69) is 36.4 Å². The molecule has 0 radical (unpaired) electrons. The Labute approximate surface area is 129 Å². The lowest BCUT2D eigenvalue weighted by Crippen LogP contribution is -2.17. The molecule has 0 spiro atoms. The monoisotopic (exact) mass is 303 g/mol. The third-order valence-corrected chi connectivity index (χ3v) is 4.46. The van der Waals surface area contributed by atoms with E-state index in [0.29, 0.717) is 5.56 Å². The minimum absolute atomic E-state index is 0.0705. The summed E-state index contributed by atoms with van der Waals surface area (Å²) in [5.74, 6) is -0.0705. The highest BCUT2D eigenvalue weighted by Gasteiger charge is 2.17. The van der Waals surface area contributed by atoms with Crippen LogP contribution >= 0.6 is 11.3 Å². The largest absolute Gasteiger partial charge is 0.380 e. The number of benzene rings is 1. The van der Waals surface area contributed by atoms with Crippen molar-refractivity contribution in [2.75, 3.05) is 12.4 Å². The molecule has 1 aromatic carbocycles. The summed E-state index contributed by atoms with van der Waals surface area (Å²) in [6.07, 6.45) is 1.93. The second-order valence-electron chi connectivity index (χ2n) is 5.89. The zero-order valence-corrected chi connectivity index (χ0v) is 13.7. The van der Waals surface area contributed by atoms with Crippen LogP contribution in [0.1, 0.15) is 41.0 Å². The molecule has 4 nitrogen and oxygen atoms in total. The van der Waals surface area contributed by atoms with Crippen molar-refractivity contribution in [3.8, 4) is 0 Å². The Bertz CT molecular complexity index is 611. The predicted octanol–water partition coefficient (Wildman–Crippen LogP) is 3.41. The molecular formula is C16H21N3OS. The van der Waals surface area contributed by atoms with Gasteiger partial charge in [0.1, 0.15) is 0 Å². The van der Waals surface area contributed by atoms with E-state index in [-0.39, 0.29) is 11.3 Å². The molecule has 0 aliphatic carbocycles. The van der Waals surface area contributed by atoms with Gasteiger partial charge in [0.25, 0.3) is 5.91 Å². The molecule has 0 saturated carbocycles.